The van der Waals surface area contributed by atoms with E-state index >= 15 is 0 Å². The Labute approximate surface area is 135 Å². The van der Waals surface area contributed by atoms with Crippen molar-refractivity contribution >= 4 is 17.1 Å². The maximum atomic E-state index is 12.6. The minimum absolute atomic E-state index is 0.0235. The lowest BCUT2D eigenvalue weighted by Gasteiger charge is -2.39. The molecule has 0 N–H and O–H groups in total. The lowest BCUT2D eigenvalue weighted by atomic mass is 9.63. The number of Topliss-reactive ketones (excluding diaryl/α,β-unsaturated/α-hetero) is 1. The summed E-state index contributed by atoms with van der Waals surface area (Å²) in [5.74, 6) is 1.72. The number of ketones is 2. The van der Waals surface area contributed by atoms with Crippen LogP contribution < -0.4 is 9.47 Å². The highest BCUT2D eigenvalue weighted by Crippen LogP contribution is 2.47. The van der Waals surface area contributed by atoms with Gasteiger partial charge in [0.05, 0.1) is 0 Å². The lowest BCUT2D eigenvalue weighted by Crippen LogP contribution is -2.39. The summed E-state index contributed by atoms with van der Waals surface area (Å²) in [6, 6.07) is 5.67. The Morgan fingerprint density at radius 2 is 1.91 bits per heavy atom. The zero-order valence-electron chi connectivity index (χ0n) is 13.2. The van der Waals surface area contributed by atoms with Gasteiger partial charge in [0.25, 0.3) is 0 Å². The smallest absolute Gasteiger partial charge is 0.231 e. The van der Waals surface area contributed by atoms with Crippen molar-refractivity contribution in [1.29, 1.82) is 0 Å². The van der Waals surface area contributed by atoms with Gasteiger partial charge in [0, 0.05) is 11.8 Å². The number of ether oxygens (including phenoxy) is 2. The second kappa shape index (κ2) is 5.52. The van der Waals surface area contributed by atoms with Crippen LogP contribution in [0, 0.1) is 17.8 Å². The number of benzene rings is 1. The normalized spacial score (nSPS) is 29.0. The van der Waals surface area contributed by atoms with E-state index in [-0.39, 0.29) is 36.1 Å². The number of hydrogen-bond donors (Lipinski definition) is 0. The Bertz CT molecular complexity index is 703. The topological polar surface area (TPSA) is 52.6 Å². The van der Waals surface area contributed by atoms with E-state index in [1.807, 2.05) is 18.2 Å². The molecule has 1 aliphatic heterocycles. The monoisotopic (exact) mass is 312 g/mol. The highest BCUT2D eigenvalue weighted by Gasteiger charge is 2.43. The number of fused-ring (bicyclic) bond motifs is 2. The molecule has 3 unspecified atom stereocenters. The molecule has 0 amide bonds. The van der Waals surface area contributed by atoms with Gasteiger partial charge in [0.15, 0.2) is 17.3 Å². The standard InChI is InChI=1S/C19H20O4/c1-11(20)19-14-5-3-2-4-13(14)16(21)9-15(19)12-6-7-17-18(8-12)23-10-22-17/h6-9,13-14,19H,2-5,10H2,1H3. The fourth-order valence-electron chi connectivity index (χ4n) is 4.35. The lowest BCUT2D eigenvalue weighted by molar-refractivity contribution is -0.126. The highest BCUT2D eigenvalue weighted by atomic mass is 16.7. The number of allylic oxidation sites excluding steroid dienone is 2. The van der Waals surface area contributed by atoms with E-state index in [0.29, 0.717) is 11.5 Å². The van der Waals surface area contributed by atoms with Crippen LogP contribution in [0.25, 0.3) is 5.57 Å². The van der Waals surface area contributed by atoms with Crippen LogP contribution in [-0.4, -0.2) is 18.4 Å². The number of carbonyl (C=O) groups excluding carboxylic acids is 2. The first-order chi connectivity index (χ1) is 11.1. The summed E-state index contributed by atoms with van der Waals surface area (Å²) in [6.07, 6.45) is 5.77. The van der Waals surface area contributed by atoms with Gasteiger partial charge in [-0.05, 0) is 55.0 Å². The van der Waals surface area contributed by atoms with Crippen molar-refractivity contribution in [2.45, 2.75) is 32.6 Å². The molecule has 120 valence electrons. The SMILES string of the molecule is CC(=O)C1C(c2ccc3c(c2)OCO3)=CC(=O)C2CCCCC21. The largest absolute Gasteiger partial charge is 0.454 e. The van der Waals surface area contributed by atoms with Gasteiger partial charge in [-0.2, -0.15) is 0 Å². The summed E-state index contributed by atoms with van der Waals surface area (Å²) in [4.78, 5) is 24.9. The van der Waals surface area contributed by atoms with Crippen LogP contribution >= 0.6 is 0 Å². The summed E-state index contributed by atoms with van der Waals surface area (Å²) < 4.78 is 10.8. The molecule has 3 aliphatic rings. The molecule has 0 spiro atoms. The maximum Gasteiger partial charge on any atom is 0.231 e. The van der Waals surface area contributed by atoms with Crippen LogP contribution in [0.15, 0.2) is 24.3 Å². The van der Waals surface area contributed by atoms with Gasteiger partial charge in [0.1, 0.15) is 5.78 Å². The van der Waals surface area contributed by atoms with Gasteiger partial charge in [-0.1, -0.05) is 18.9 Å². The van der Waals surface area contributed by atoms with E-state index in [4.69, 9.17) is 9.47 Å². The van der Waals surface area contributed by atoms with Crippen LogP contribution in [0.1, 0.15) is 38.2 Å². The molecule has 4 nitrogen and oxygen atoms in total. The molecule has 23 heavy (non-hydrogen) atoms. The summed E-state index contributed by atoms with van der Waals surface area (Å²) in [7, 11) is 0. The average molecular weight is 312 g/mol. The first kappa shape index (κ1) is 14.5. The minimum atomic E-state index is -0.182. The molecular formula is C19H20O4. The first-order valence-corrected chi connectivity index (χ1v) is 8.31. The minimum Gasteiger partial charge on any atom is -0.454 e. The Balaban J connectivity index is 1.78. The molecule has 0 bridgehead atoms. The molecular weight excluding hydrogens is 292 g/mol. The van der Waals surface area contributed by atoms with Crippen LogP contribution in [0.5, 0.6) is 11.5 Å². The molecule has 2 aliphatic carbocycles. The second-order valence-electron chi connectivity index (χ2n) is 6.71. The summed E-state index contributed by atoms with van der Waals surface area (Å²) in [6.45, 7) is 1.87. The van der Waals surface area contributed by atoms with Crippen molar-refractivity contribution in [1.82, 2.24) is 0 Å². The molecule has 1 aromatic carbocycles. The van der Waals surface area contributed by atoms with Gasteiger partial charge in [-0.3, -0.25) is 9.59 Å². The van der Waals surface area contributed by atoms with Crippen molar-refractivity contribution in [3.05, 3.63) is 29.8 Å². The molecule has 1 heterocycles. The molecule has 1 fully saturated rings. The predicted octanol–water partition coefficient (Wildman–Crippen LogP) is 3.39. The third-order valence-electron chi connectivity index (χ3n) is 5.39. The molecule has 4 rings (SSSR count). The Morgan fingerprint density at radius 3 is 2.74 bits per heavy atom. The molecule has 1 saturated carbocycles. The fraction of sp³-hybridized carbons (Fsp3) is 0.474. The Hall–Kier alpha value is -2.10. The van der Waals surface area contributed by atoms with E-state index < -0.39 is 0 Å². The van der Waals surface area contributed by atoms with Gasteiger partial charge in [0.2, 0.25) is 6.79 Å². The third-order valence-corrected chi connectivity index (χ3v) is 5.39. The average Bonchev–Trinajstić information content (AvgIpc) is 3.02. The molecule has 4 heteroatoms. The van der Waals surface area contributed by atoms with Gasteiger partial charge >= 0.3 is 0 Å². The Morgan fingerprint density at radius 1 is 1.13 bits per heavy atom. The third kappa shape index (κ3) is 2.37. The highest BCUT2D eigenvalue weighted by molar-refractivity contribution is 6.06. The number of rotatable bonds is 2. The van der Waals surface area contributed by atoms with Crippen LogP contribution in [0.3, 0.4) is 0 Å². The fourth-order valence-corrected chi connectivity index (χ4v) is 4.35. The summed E-state index contributed by atoms with van der Waals surface area (Å²) in [5.41, 5.74) is 1.75. The van der Waals surface area contributed by atoms with Crippen molar-refractivity contribution in [3.63, 3.8) is 0 Å². The van der Waals surface area contributed by atoms with E-state index in [9.17, 15) is 9.59 Å². The van der Waals surface area contributed by atoms with E-state index in [1.54, 1.807) is 13.0 Å². The van der Waals surface area contributed by atoms with Gasteiger partial charge in [-0.15, -0.1) is 0 Å². The van der Waals surface area contributed by atoms with Crippen molar-refractivity contribution in [2.24, 2.45) is 17.8 Å². The molecule has 3 atom stereocenters. The van der Waals surface area contributed by atoms with Crippen molar-refractivity contribution in [2.75, 3.05) is 6.79 Å². The number of hydrogen-bond acceptors (Lipinski definition) is 4. The van der Waals surface area contributed by atoms with E-state index in [0.717, 1.165) is 36.8 Å². The van der Waals surface area contributed by atoms with Crippen molar-refractivity contribution in [3.8, 4) is 11.5 Å². The van der Waals surface area contributed by atoms with Gasteiger partial charge < -0.3 is 9.47 Å². The molecule has 1 aromatic rings. The zero-order chi connectivity index (χ0) is 16.0. The zero-order valence-corrected chi connectivity index (χ0v) is 13.2. The predicted molar refractivity (Wildman–Crippen MR) is 85.2 cm³/mol. The first-order valence-electron chi connectivity index (χ1n) is 8.31. The van der Waals surface area contributed by atoms with Gasteiger partial charge in [-0.25, -0.2) is 0 Å². The van der Waals surface area contributed by atoms with Crippen LogP contribution in [0.2, 0.25) is 0 Å². The summed E-state index contributed by atoms with van der Waals surface area (Å²) >= 11 is 0. The molecule has 0 saturated heterocycles. The second-order valence-corrected chi connectivity index (χ2v) is 6.71. The Kier molecular flexibility index (Phi) is 3.47. The van der Waals surface area contributed by atoms with E-state index in [2.05, 4.69) is 0 Å². The van der Waals surface area contributed by atoms with Crippen molar-refractivity contribution < 1.29 is 19.1 Å². The molecule has 0 aromatic heterocycles. The quantitative estimate of drug-likeness (QED) is 0.840. The maximum absolute atomic E-state index is 12.6. The molecule has 0 radical (unpaired) electrons. The van der Waals surface area contributed by atoms with E-state index in [1.165, 1.54) is 0 Å². The van der Waals surface area contributed by atoms with Crippen LogP contribution in [0.4, 0.5) is 0 Å². The van der Waals surface area contributed by atoms with Crippen LogP contribution in [-0.2, 0) is 9.59 Å². The summed E-state index contributed by atoms with van der Waals surface area (Å²) in [5, 5.41) is 0. The number of carbonyl (C=O) groups is 2.